The van der Waals surface area contributed by atoms with Gasteiger partial charge >= 0.3 is 18.3 Å². The molecule has 1 aromatic carbocycles. The zero-order chi connectivity index (χ0) is 21.5. The lowest BCUT2D eigenvalue weighted by Gasteiger charge is -2.31. The molecule has 6 nitrogen and oxygen atoms in total. The van der Waals surface area contributed by atoms with Gasteiger partial charge in [0.15, 0.2) is 0 Å². The van der Waals surface area contributed by atoms with Crippen LogP contribution in [-0.4, -0.2) is 36.6 Å². The van der Waals surface area contributed by atoms with Crippen LogP contribution in [0, 0.1) is 0 Å². The van der Waals surface area contributed by atoms with E-state index in [1.807, 2.05) is 0 Å². The molecule has 0 saturated heterocycles. The maximum atomic E-state index is 13.8. The van der Waals surface area contributed by atoms with E-state index in [0.717, 1.165) is 26.2 Å². The van der Waals surface area contributed by atoms with E-state index in [9.17, 15) is 40.7 Å². The molecule has 0 aliphatic carbocycles. The Morgan fingerprint density at radius 3 is 2.25 bits per heavy atom. The fourth-order valence-electron chi connectivity index (χ4n) is 2.67. The van der Waals surface area contributed by atoms with Crippen LogP contribution in [0.1, 0.15) is 22.8 Å². The minimum atomic E-state index is -5.50. The van der Waals surface area contributed by atoms with Gasteiger partial charge in [0.25, 0.3) is 11.8 Å². The minimum absolute atomic E-state index is 0.320. The Morgan fingerprint density at radius 2 is 1.75 bits per heavy atom. The first-order valence-corrected chi connectivity index (χ1v) is 7.43. The van der Waals surface area contributed by atoms with E-state index in [2.05, 4.69) is 4.74 Å². The van der Waals surface area contributed by atoms with Crippen LogP contribution in [-0.2, 0) is 20.5 Å². The van der Waals surface area contributed by atoms with Crippen LogP contribution in [0.15, 0.2) is 35.5 Å². The predicted molar refractivity (Wildman–Crippen MR) is 80.6 cm³/mol. The van der Waals surface area contributed by atoms with Gasteiger partial charge in [-0.1, -0.05) is 6.07 Å². The lowest BCUT2D eigenvalue weighted by Crippen LogP contribution is -2.66. The molecule has 0 aromatic heterocycles. The molecule has 0 bridgehead atoms. The van der Waals surface area contributed by atoms with Crippen molar-refractivity contribution < 1.29 is 45.5 Å². The molecule has 1 aromatic rings. The summed E-state index contributed by atoms with van der Waals surface area (Å²) in [6, 6.07) is 2.58. The van der Waals surface area contributed by atoms with Crippen molar-refractivity contribution in [1.29, 1.82) is 0 Å². The largest absolute Gasteiger partial charge is 0.466 e. The van der Waals surface area contributed by atoms with Crippen LogP contribution < -0.4 is 10.6 Å². The molecule has 2 rings (SSSR count). The number of nitrogens with one attached hydrogen (secondary N) is 2. The number of carbonyl (C=O) groups is 3. The number of amides is 2. The van der Waals surface area contributed by atoms with Gasteiger partial charge in [0, 0.05) is 11.3 Å². The van der Waals surface area contributed by atoms with Crippen LogP contribution in [0.4, 0.5) is 26.3 Å². The molecular formula is C16H12F6N2O4. The molecule has 0 unspecified atom stereocenters. The van der Waals surface area contributed by atoms with Crippen LogP contribution in [0.5, 0.6) is 0 Å². The third-order valence-corrected chi connectivity index (χ3v) is 3.96. The number of allylic oxidation sites excluding steroid dienone is 1. The second kappa shape index (κ2) is 6.84. The van der Waals surface area contributed by atoms with Gasteiger partial charge in [-0.15, -0.1) is 0 Å². The number of benzene rings is 1. The highest BCUT2D eigenvalue weighted by molar-refractivity contribution is 6.11. The molecule has 0 fully saturated rings. The number of esters is 1. The van der Waals surface area contributed by atoms with Crippen molar-refractivity contribution in [1.82, 2.24) is 10.6 Å². The second-order valence-corrected chi connectivity index (χ2v) is 5.73. The minimum Gasteiger partial charge on any atom is -0.466 e. The number of ether oxygens (including phenoxy) is 1. The maximum absolute atomic E-state index is 13.8. The molecule has 28 heavy (non-hydrogen) atoms. The number of hydrogen-bond acceptors (Lipinski definition) is 4. The highest BCUT2D eigenvalue weighted by atomic mass is 19.4. The topological polar surface area (TPSA) is 84.5 Å². The Kier molecular flexibility index (Phi) is 5.19. The van der Waals surface area contributed by atoms with Crippen molar-refractivity contribution >= 4 is 17.8 Å². The SMILES string of the molecule is COC(=O)C1=C(C)NC(=O)[C@@]1(NC(=O)c1cccc(C(F)(F)F)c1)C(F)(F)F. The highest BCUT2D eigenvalue weighted by Crippen LogP contribution is 2.41. The van der Waals surface area contributed by atoms with Crippen LogP contribution in [0.3, 0.4) is 0 Å². The molecule has 2 amide bonds. The smallest absolute Gasteiger partial charge is 0.425 e. The number of halogens is 6. The van der Waals surface area contributed by atoms with Gasteiger partial charge in [0.05, 0.1) is 12.7 Å². The average Bonchev–Trinajstić information content (AvgIpc) is 2.84. The number of alkyl halides is 6. The molecule has 2 N–H and O–H groups in total. The summed E-state index contributed by atoms with van der Waals surface area (Å²) in [5.41, 5.74) is -7.63. The Morgan fingerprint density at radius 1 is 1.14 bits per heavy atom. The van der Waals surface area contributed by atoms with E-state index >= 15 is 0 Å². The highest BCUT2D eigenvalue weighted by Gasteiger charge is 2.69. The number of rotatable bonds is 3. The third kappa shape index (κ3) is 3.41. The number of hydrogen-bond donors (Lipinski definition) is 2. The first-order valence-electron chi connectivity index (χ1n) is 7.43. The Bertz CT molecular complexity index is 875. The van der Waals surface area contributed by atoms with Gasteiger partial charge < -0.3 is 15.4 Å². The molecule has 1 heterocycles. The molecular weight excluding hydrogens is 398 g/mol. The van der Waals surface area contributed by atoms with Crippen LogP contribution in [0.25, 0.3) is 0 Å². The Balaban J connectivity index is 2.57. The first kappa shape index (κ1) is 21.3. The monoisotopic (exact) mass is 410 g/mol. The van der Waals surface area contributed by atoms with Gasteiger partial charge in [0.1, 0.15) is 5.57 Å². The number of carbonyl (C=O) groups excluding carboxylic acids is 3. The van der Waals surface area contributed by atoms with E-state index in [0.29, 0.717) is 12.1 Å². The summed E-state index contributed by atoms with van der Waals surface area (Å²) >= 11 is 0. The van der Waals surface area contributed by atoms with Crippen molar-refractivity contribution in [3.63, 3.8) is 0 Å². The molecule has 0 radical (unpaired) electrons. The quantitative estimate of drug-likeness (QED) is 0.592. The van der Waals surface area contributed by atoms with Crippen molar-refractivity contribution in [2.75, 3.05) is 7.11 Å². The van der Waals surface area contributed by atoms with Gasteiger partial charge in [0.2, 0.25) is 5.54 Å². The number of methoxy groups -OCH3 is 1. The van der Waals surface area contributed by atoms with Crippen molar-refractivity contribution in [2.45, 2.75) is 24.8 Å². The molecule has 0 saturated carbocycles. The summed E-state index contributed by atoms with van der Waals surface area (Å²) in [4.78, 5) is 36.3. The van der Waals surface area contributed by atoms with E-state index in [-0.39, 0.29) is 0 Å². The van der Waals surface area contributed by atoms with E-state index in [1.165, 1.54) is 5.32 Å². The van der Waals surface area contributed by atoms with Gasteiger partial charge in [-0.05, 0) is 25.1 Å². The zero-order valence-electron chi connectivity index (χ0n) is 14.2. The molecule has 0 spiro atoms. The van der Waals surface area contributed by atoms with E-state index in [1.54, 1.807) is 5.32 Å². The normalized spacial score (nSPS) is 20.1. The lowest BCUT2D eigenvalue weighted by molar-refractivity contribution is -0.188. The second-order valence-electron chi connectivity index (χ2n) is 5.73. The summed E-state index contributed by atoms with van der Waals surface area (Å²) in [6.07, 6.45) is -10.4. The first-order chi connectivity index (χ1) is 12.8. The van der Waals surface area contributed by atoms with Gasteiger partial charge in [-0.3, -0.25) is 9.59 Å². The lowest BCUT2D eigenvalue weighted by atomic mass is 9.88. The van der Waals surface area contributed by atoms with E-state index < -0.39 is 58.1 Å². The fraction of sp³-hybridized carbons (Fsp3) is 0.312. The maximum Gasteiger partial charge on any atom is 0.425 e. The third-order valence-electron chi connectivity index (χ3n) is 3.96. The van der Waals surface area contributed by atoms with Crippen LogP contribution in [0.2, 0.25) is 0 Å². The summed E-state index contributed by atoms with van der Waals surface area (Å²) in [6.45, 7) is 0.980. The summed E-state index contributed by atoms with van der Waals surface area (Å²) < 4.78 is 84.1. The molecule has 1 aliphatic rings. The zero-order valence-corrected chi connectivity index (χ0v) is 14.2. The molecule has 1 atom stereocenters. The fourth-order valence-corrected chi connectivity index (χ4v) is 2.67. The molecule has 152 valence electrons. The van der Waals surface area contributed by atoms with Crippen molar-refractivity contribution in [3.8, 4) is 0 Å². The Hall–Kier alpha value is -3.05. The molecule has 1 aliphatic heterocycles. The summed E-state index contributed by atoms with van der Waals surface area (Å²) in [7, 11) is 0.765. The molecule has 12 heteroatoms. The van der Waals surface area contributed by atoms with Crippen molar-refractivity contribution in [3.05, 3.63) is 46.7 Å². The standard InChI is InChI=1S/C16H12F6N2O4/c1-7-10(12(26)28-2)14(13(27)23-7,16(20,21)22)24-11(25)8-4-3-5-9(6-8)15(17,18)19/h3-6H,1-2H3,(H,23,27)(H,24,25)/t14-/m1/s1. The predicted octanol–water partition coefficient (Wildman–Crippen LogP) is 2.31. The van der Waals surface area contributed by atoms with Gasteiger partial charge in [-0.25, -0.2) is 4.79 Å². The van der Waals surface area contributed by atoms with Crippen molar-refractivity contribution in [2.24, 2.45) is 0 Å². The van der Waals surface area contributed by atoms with Crippen LogP contribution >= 0.6 is 0 Å². The Labute approximate surface area is 153 Å². The average molecular weight is 410 g/mol. The summed E-state index contributed by atoms with van der Waals surface area (Å²) in [5, 5.41) is 3.17. The van der Waals surface area contributed by atoms with Gasteiger partial charge in [-0.2, -0.15) is 26.3 Å². The van der Waals surface area contributed by atoms with E-state index in [4.69, 9.17) is 0 Å². The summed E-state index contributed by atoms with van der Waals surface area (Å²) in [5.74, 6) is -4.98.